The van der Waals surface area contributed by atoms with Crippen LogP contribution >= 0.6 is 0 Å². The molecule has 0 bridgehead atoms. The predicted octanol–water partition coefficient (Wildman–Crippen LogP) is 2.53. The van der Waals surface area contributed by atoms with E-state index in [0.717, 1.165) is 54.0 Å². The maximum atomic E-state index is 5.43. The molecule has 1 fully saturated rings. The molecular formula is C17H16N4O. The summed E-state index contributed by atoms with van der Waals surface area (Å²) in [6.07, 6.45) is 5.56. The van der Waals surface area contributed by atoms with E-state index in [1.54, 1.807) is 6.20 Å². The lowest BCUT2D eigenvalue weighted by atomic mass is 10.0. The van der Waals surface area contributed by atoms with Crippen LogP contribution in [0.3, 0.4) is 0 Å². The van der Waals surface area contributed by atoms with Gasteiger partial charge in [0.05, 0.1) is 25.6 Å². The van der Waals surface area contributed by atoms with E-state index in [9.17, 15) is 0 Å². The van der Waals surface area contributed by atoms with Gasteiger partial charge in [0.1, 0.15) is 5.82 Å². The highest BCUT2D eigenvalue weighted by Crippen LogP contribution is 2.32. The molecule has 5 heteroatoms. The van der Waals surface area contributed by atoms with Gasteiger partial charge in [-0.25, -0.2) is 4.98 Å². The van der Waals surface area contributed by atoms with Crippen molar-refractivity contribution in [1.82, 2.24) is 15.2 Å². The molecule has 3 aromatic rings. The second-order valence-corrected chi connectivity index (χ2v) is 5.28. The van der Waals surface area contributed by atoms with Gasteiger partial charge in [-0.1, -0.05) is 30.3 Å². The van der Waals surface area contributed by atoms with Crippen molar-refractivity contribution < 1.29 is 4.74 Å². The normalized spacial score (nSPS) is 15.2. The molecule has 0 atom stereocenters. The van der Waals surface area contributed by atoms with Crippen molar-refractivity contribution in [3.8, 4) is 11.1 Å². The summed E-state index contributed by atoms with van der Waals surface area (Å²) in [5.74, 6) is 0.966. The molecule has 22 heavy (non-hydrogen) atoms. The Hall–Kier alpha value is -2.53. The Morgan fingerprint density at radius 3 is 2.36 bits per heavy atom. The summed E-state index contributed by atoms with van der Waals surface area (Å²) in [5, 5.41) is 10.2. The van der Waals surface area contributed by atoms with Crippen molar-refractivity contribution in [2.75, 3.05) is 31.2 Å². The largest absolute Gasteiger partial charge is 0.378 e. The van der Waals surface area contributed by atoms with Crippen LogP contribution in [-0.2, 0) is 4.74 Å². The van der Waals surface area contributed by atoms with E-state index < -0.39 is 0 Å². The number of hydrogen-bond acceptors (Lipinski definition) is 5. The quantitative estimate of drug-likeness (QED) is 0.726. The SMILES string of the molecule is c1ccc(-c2cnc(N3CCOCC3)c3cnncc23)cc1. The molecule has 1 saturated heterocycles. The van der Waals surface area contributed by atoms with Crippen LogP contribution in [0.4, 0.5) is 5.82 Å². The van der Waals surface area contributed by atoms with Gasteiger partial charge in [-0.15, -0.1) is 0 Å². The lowest BCUT2D eigenvalue weighted by molar-refractivity contribution is 0.122. The number of ether oxygens (including phenoxy) is 1. The van der Waals surface area contributed by atoms with Crippen LogP contribution in [-0.4, -0.2) is 41.5 Å². The summed E-state index contributed by atoms with van der Waals surface area (Å²) in [7, 11) is 0. The van der Waals surface area contributed by atoms with Crippen LogP contribution < -0.4 is 4.90 Å². The summed E-state index contributed by atoms with van der Waals surface area (Å²) in [6.45, 7) is 3.19. The third kappa shape index (κ3) is 2.29. The first-order valence-corrected chi connectivity index (χ1v) is 7.41. The molecule has 5 nitrogen and oxygen atoms in total. The number of aromatic nitrogens is 3. The number of morpholine rings is 1. The lowest BCUT2D eigenvalue weighted by Gasteiger charge is -2.28. The first-order chi connectivity index (χ1) is 10.9. The Morgan fingerprint density at radius 1 is 0.864 bits per heavy atom. The first-order valence-electron chi connectivity index (χ1n) is 7.41. The van der Waals surface area contributed by atoms with Crippen LogP contribution in [0.2, 0.25) is 0 Å². The molecule has 4 rings (SSSR count). The van der Waals surface area contributed by atoms with E-state index in [2.05, 4.69) is 27.2 Å². The van der Waals surface area contributed by atoms with Gasteiger partial charge in [-0.3, -0.25) is 0 Å². The summed E-state index contributed by atoms with van der Waals surface area (Å²) < 4.78 is 5.43. The molecule has 110 valence electrons. The van der Waals surface area contributed by atoms with Gasteiger partial charge in [0, 0.05) is 35.6 Å². The minimum absolute atomic E-state index is 0.738. The van der Waals surface area contributed by atoms with Crippen LogP contribution in [0.25, 0.3) is 21.9 Å². The highest BCUT2D eigenvalue weighted by molar-refractivity contribution is 6.01. The first kappa shape index (κ1) is 13.2. The molecule has 3 heterocycles. The number of hydrogen-bond donors (Lipinski definition) is 0. The van der Waals surface area contributed by atoms with Crippen LogP contribution in [0.1, 0.15) is 0 Å². The fraction of sp³-hybridized carbons (Fsp3) is 0.235. The van der Waals surface area contributed by atoms with E-state index in [0.29, 0.717) is 0 Å². The number of fused-ring (bicyclic) bond motifs is 1. The minimum atomic E-state index is 0.738. The topological polar surface area (TPSA) is 51.1 Å². The van der Waals surface area contributed by atoms with Crippen molar-refractivity contribution in [2.45, 2.75) is 0 Å². The van der Waals surface area contributed by atoms with Crippen molar-refractivity contribution in [3.05, 3.63) is 48.9 Å². The van der Waals surface area contributed by atoms with E-state index in [-0.39, 0.29) is 0 Å². The van der Waals surface area contributed by atoms with E-state index in [4.69, 9.17) is 9.72 Å². The molecule has 0 spiro atoms. The van der Waals surface area contributed by atoms with Crippen LogP contribution in [0, 0.1) is 0 Å². The third-order valence-corrected chi connectivity index (χ3v) is 3.97. The molecular weight excluding hydrogens is 276 g/mol. The molecule has 1 aliphatic rings. The van der Waals surface area contributed by atoms with Crippen molar-refractivity contribution >= 4 is 16.6 Å². The van der Waals surface area contributed by atoms with Gasteiger partial charge in [-0.05, 0) is 5.56 Å². The molecule has 0 unspecified atom stereocenters. The molecule has 0 saturated carbocycles. The molecule has 1 aromatic carbocycles. The second-order valence-electron chi connectivity index (χ2n) is 5.28. The van der Waals surface area contributed by atoms with Gasteiger partial charge < -0.3 is 9.64 Å². The van der Waals surface area contributed by atoms with Crippen molar-refractivity contribution in [1.29, 1.82) is 0 Å². The minimum Gasteiger partial charge on any atom is -0.378 e. The average Bonchev–Trinajstić information content (AvgIpc) is 2.62. The third-order valence-electron chi connectivity index (χ3n) is 3.97. The fourth-order valence-electron chi connectivity index (χ4n) is 2.85. The zero-order valence-corrected chi connectivity index (χ0v) is 12.1. The Kier molecular flexibility index (Phi) is 3.40. The standard InChI is InChI=1S/C17H16N4O/c1-2-4-13(5-3-1)14-10-18-17(21-6-8-22-9-7-21)16-12-20-19-11-15(14)16/h1-5,10-12H,6-9H2. The Balaban J connectivity index is 1.88. The van der Waals surface area contributed by atoms with Gasteiger partial charge in [0.25, 0.3) is 0 Å². The van der Waals surface area contributed by atoms with Gasteiger partial charge in [0.15, 0.2) is 0 Å². The Morgan fingerprint density at radius 2 is 1.59 bits per heavy atom. The average molecular weight is 292 g/mol. The zero-order chi connectivity index (χ0) is 14.8. The number of rotatable bonds is 2. The summed E-state index contributed by atoms with van der Waals surface area (Å²) in [4.78, 5) is 6.96. The highest BCUT2D eigenvalue weighted by Gasteiger charge is 2.17. The molecule has 0 N–H and O–H groups in total. The number of anilines is 1. The molecule has 0 aliphatic carbocycles. The number of nitrogens with zero attached hydrogens (tertiary/aromatic N) is 4. The van der Waals surface area contributed by atoms with Gasteiger partial charge in [-0.2, -0.15) is 10.2 Å². The maximum absolute atomic E-state index is 5.43. The van der Waals surface area contributed by atoms with E-state index in [1.165, 1.54) is 0 Å². The fourth-order valence-corrected chi connectivity index (χ4v) is 2.85. The predicted molar refractivity (Wildman–Crippen MR) is 85.8 cm³/mol. The summed E-state index contributed by atoms with van der Waals surface area (Å²) in [6, 6.07) is 10.3. The zero-order valence-electron chi connectivity index (χ0n) is 12.1. The second kappa shape index (κ2) is 5.69. The van der Waals surface area contributed by atoms with Crippen molar-refractivity contribution in [3.63, 3.8) is 0 Å². The monoisotopic (exact) mass is 292 g/mol. The molecule has 0 amide bonds. The summed E-state index contributed by atoms with van der Waals surface area (Å²) in [5.41, 5.74) is 2.23. The number of pyridine rings is 1. The summed E-state index contributed by atoms with van der Waals surface area (Å²) >= 11 is 0. The molecule has 0 radical (unpaired) electrons. The highest BCUT2D eigenvalue weighted by atomic mass is 16.5. The molecule has 2 aromatic heterocycles. The Labute approximate surface area is 128 Å². The van der Waals surface area contributed by atoms with Gasteiger partial charge in [0.2, 0.25) is 0 Å². The maximum Gasteiger partial charge on any atom is 0.138 e. The van der Waals surface area contributed by atoms with Crippen LogP contribution in [0.15, 0.2) is 48.9 Å². The van der Waals surface area contributed by atoms with Crippen molar-refractivity contribution in [2.24, 2.45) is 0 Å². The Bertz CT molecular complexity index is 785. The number of benzene rings is 1. The molecule has 1 aliphatic heterocycles. The smallest absolute Gasteiger partial charge is 0.138 e. The van der Waals surface area contributed by atoms with Gasteiger partial charge >= 0.3 is 0 Å². The van der Waals surface area contributed by atoms with E-state index >= 15 is 0 Å². The van der Waals surface area contributed by atoms with E-state index in [1.807, 2.05) is 30.6 Å². The van der Waals surface area contributed by atoms with Crippen LogP contribution in [0.5, 0.6) is 0 Å². The lowest BCUT2D eigenvalue weighted by Crippen LogP contribution is -2.36.